The molecule has 0 nitrogen and oxygen atoms in total. The Morgan fingerprint density at radius 3 is 2.22 bits per heavy atom. The Labute approximate surface area is 80.2 Å². The molecule has 0 bridgehead atoms. The minimum atomic E-state index is 0. The predicted molar refractivity (Wildman–Crippen MR) is 43.3 cm³/mol. The molecule has 53 valence electrons. The van der Waals surface area contributed by atoms with Gasteiger partial charge in [-0.1, -0.05) is 26.7 Å². The van der Waals surface area contributed by atoms with Gasteiger partial charge in [0.1, 0.15) is 0 Å². The summed E-state index contributed by atoms with van der Waals surface area (Å²) in [5, 5.41) is 0. The van der Waals surface area contributed by atoms with Crippen LogP contribution < -0.4 is 0 Å². The molecular weight excluding hydrogens is 160 g/mol. The Balaban J connectivity index is 0. The summed E-state index contributed by atoms with van der Waals surface area (Å²) in [6.45, 7) is 4.49. The third kappa shape index (κ3) is 9.30. The van der Waals surface area contributed by atoms with Crippen LogP contribution in [-0.4, -0.2) is 5.66 Å². The van der Waals surface area contributed by atoms with Gasteiger partial charge in [0.2, 0.25) is 0 Å². The summed E-state index contributed by atoms with van der Waals surface area (Å²) >= 11 is 0. The molecule has 0 aliphatic rings. The molecule has 0 aromatic rings. The SMILES string of the molecule is CCCCC(P)CC.[Sc]. The van der Waals surface area contributed by atoms with Gasteiger partial charge in [-0.15, -0.1) is 9.24 Å². The molecule has 0 saturated heterocycles. The van der Waals surface area contributed by atoms with E-state index in [-0.39, 0.29) is 25.8 Å². The summed E-state index contributed by atoms with van der Waals surface area (Å²) in [5.74, 6) is 0. The minimum Gasteiger partial charge on any atom is -0.134 e. The maximum absolute atomic E-state index is 2.88. The molecule has 1 radical (unpaired) electrons. The summed E-state index contributed by atoms with van der Waals surface area (Å²) in [7, 11) is 2.88. The average molecular weight is 177 g/mol. The summed E-state index contributed by atoms with van der Waals surface area (Å²) < 4.78 is 0. The van der Waals surface area contributed by atoms with Crippen molar-refractivity contribution >= 4 is 9.24 Å². The van der Waals surface area contributed by atoms with Crippen LogP contribution in [0.2, 0.25) is 0 Å². The van der Waals surface area contributed by atoms with Crippen molar-refractivity contribution in [1.29, 1.82) is 0 Å². The smallest absolute Gasteiger partial charge is 0 e. The zero-order chi connectivity index (χ0) is 6.41. The van der Waals surface area contributed by atoms with E-state index < -0.39 is 0 Å². The number of unbranched alkanes of at least 4 members (excludes halogenated alkanes) is 1. The Hall–Kier alpha value is 1.30. The molecule has 0 saturated carbocycles. The molecule has 2 atom stereocenters. The number of hydrogen-bond donors (Lipinski definition) is 0. The van der Waals surface area contributed by atoms with Crippen LogP contribution in [0.3, 0.4) is 0 Å². The third-order valence-corrected chi connectivity index (χ3v) is 2.26. The van der Waals surface area contributed by atoms with E-state index in [4.69, 9.17) is 0 Å². The maximum Gasteiger partial charge on any atom is 0 e. The standard InChI is InChI=1S/C7H17P.Sc/c1-3-5-6-7(8)4-2;/h7H,3-6,8H2,1-2H3;. The van der Waals surface area contributed by atoms with Gasteiger partial charge in [0, 0.05) is 25.8 Å². The average Bonchev–Trinajstić information content (AvgIpc) is 1.83. The van der Waals surface area contributed by atoms with E-state index in [1.807, 2.05) is 0 Å². The second kappa shape index (κ2) is 9.30. The van der Waals surface area contributed by atoms with Gasteiger partial charge < -0.3 is 0 Å². The van der Waals surface area contributed by atoms with Gasteiger partial charge in [0.05, 0.1) is 0 Å². The van der Waals surface area contributed by atoms with Crippen LogP contribution in [0.15, 0.2) is 0 Å². The molecule has 0 aromatic carbocycles. The van der Waals surface area contributed by atoms with Gasteiger partial charge in [0.15, 0.2) is 0 Å². The third-order valence-electron chi connectivity index (χ3n) is 1.45. The second-order valence-electron chi connectivity index (χ2n) is 2.31. The first kappa shape index (κ1) is 12.9. The van der Waals surface area contributed by atoms with Crippen molar-refractivity contribution in [3.05, 3.63) is 0 Å². The van der Waals surface area contributed by atoms with Crippen molar-refractivity contribution in [1.82, 2.24) is 0 Å². The maximum atomic E-state index is 2.88. The summed E-state index contributed by atoms with van der Waals surface area (Å²) in [5.41, 5.74) is 0.870. The summed E-state index contributed by atoms with van der Waals surface area (Å²) in [6.07, 6.45) is 5.43. The zero-order valence-corrected chi connectivity index (χ0v) is 9.52. The molecule has 0 spiro atoms. The molecule has 0 rings (SSSR count). The Morgan fingerprint density at radius 2 is 1.89 bits per heavy atom. The van der Waals surface area contributed by atoms with Gasteiger partial charge in [0.25, 0.3) is 0 Å². The van der Waals surface area contributed by atoms with Gasteiger partial charge in [-0.25, -0.2) is 0 Å². The largest absolute Gasteiger partial charge is 0.134 e. The predicted octanol–water partition coefficient (Wildman–Crippen LogP) is 2.83. The van der Waals surface area contributed by atoms with E-state index in [9.17, 15) is 0 Å². The van der Waals surface area contributed by atoms with Crippen molar-refractivity contribution in [2.45, 2.75) is 45.2 Å². The molecule has 0 aromatic heterocycles. The molecule has 0 heterocycles. The van der Waals surface area contributed by atoms with Crippen LogP contribution in [0.1, 0.15) is 39.5 Å². The van der Waals surface area contributed by atoms with E-state index in [0.717, 1.165) is 5.66 Å². The fourth-order valence-electron chi connectivity index (χ4n) is 0.670. The molecule has 0 fully saturated rings. The van der Waals surface area contributed by atoms with Gasteiger partial charge in [-0.2, -0.15) is 0 Å². The molecular formula is C7H17PSc. The summed E-state index contributed by atoms with van der Waals surface area (Å²) in [4.78, 5) is 0. The van der Waals surface area contributed by atoms with Crippen LogP contribution in [0.25, 0.3) is 0 Å². The van der Waals surface area contributed by atoms with E-state index in [1.54, 1.807) is 0 Å². The second-order valence-corrected chi connectivity index (χ2v) is 3.25. The van der Waals surface area contributed by atoms with E-state index in [1.165, 1.54) is 25.7 Å². The van der Waals surface area contributed by atoms with Gasteiger partial charge >= 0.3 is 0 Å². The van der Waals surface area contributed by atoms with Crippen LogP contribution in [-0.2, 0) is 25.8 Å². The van der Waals surface area contributed by atoms with Crippen LogP contribution in [0, 0.1) is 0 Å². The molecule has 0 N–H and O–H groups in total. The molecule has 2 heteroatoms. The first-order valence-corrected chi connectivity index (χ1v) is 4.23. The van der Waals surface area contributed by atoms with Crippen LogP contribution in [0.5, 0.6) is 0 Å². The minimum absolute atomic E-state index is 0. The van der Waals surface area contributed by atoms with Crippen molar-refractivity contribution in [2.75, 3.05) is 0 Å². The van der Waals surface area contributed by atoms with Crippen molar-refractivity contribution in [3.8, 4) is 0 Å². The fraction of sp³-hybridized carbons (Fsp3) is 1.00. The van der Waals surface area contributed by atoms with Gasteiger partial charge in [-0.05, 0) is 18.5 Å². The molecule has 0 amide bonds. The topological polar surface area (TPSA) is 0 Å². The molecule has 0 aliphatic carbocycles. The van der Waals surface area contributed by atoms with Crippen LogP contribution >= 0.6 is 9.24 Å². The number of rotatable bonds is 4. The number of hydrogen-bond acceptors (Lipinski definition) is 0. The van der Waals surface area contributed by atoms with E-state index in [0.29, 0.717) is 0 Å². The van der Waals surface area contributed by atoms with Crippen LogP contribution in [0.4, 0.5) is 0 Å². The first-order chi connectivity index (χ1) is 3.81. The normalized spacial score (nSPS) is 12.3. The van der Waals surface area contributed by atoms with E-state index >= 15 is 0 Å². The Bertz CT molecular complexity index is 48.2. The fourth-order valence-corrected chi connectivity index (χ4v) is 0.906. The van der Waals surface area contributed by atoms with Gasteiger partial charge in [-0.3, -0.25) is 0 Å². The summed E-state index contributed by atoms with van der Waals surface area (Å²) in [6, 6.07) is 0. The monoisotopic (exact) mass is 177 g/mol. The quantitative estimate of drug-likeness (QED) is 0.579. The van der Waals surface area contributed by atoms with Crippen molar-refractivity contribution < 1.29 is 25.8 Å². The molecule has 0 aliphatic heterocycles. The molecule has 9 heavy (non-hydrogen) atoms. The van der Waals surface area contributed by atoms with E-state index in [2.05, 4.69) is 23.1 Å². The zero-order valence-electron chi connectivity index (χ0n) is 6.56. The Kier molecular flexibility index (Phi) is 13.4. The molecule has 2 unspecified atom stereocenters. The Morgan fingerprint density at radius 1 is 1.33 bits per heavy atom. The van der Waals surface area contributed by atoms with Crippen molar-refractivity contribution in [2.24, 2.45) is 0 Å². The van der Waals surface area contributed by atoms with Crippen molar-refractivity contribution in [3.63, 3.8) is 0 Å². The first-order valence-electron chi connectivity index (χ1n) is 3.56.